The number of carbonyl (C=O) groups excluding carboxylic acids is 1. The van der Waals surface area contributed by atoms with Crippen LogP contribution in [0.25, 0.3) is 0 Å². The SMILES string of the molecule is O=C(c1ccc2c(c1)OCO2)N1CCOC[C@@H](Cc2ccncn2)C1. The highest BCUT2D eigenvalue weighted by Gasteiger charge is 2.25. The molecule has 1 aromatic heterocycles. The number of hydrogen-bond donors (Lipinski definition) is 0. The summed E-state index contributed by atoms with van der Waals surface area (Å²) in [4.78, 5) is 23.0. The lowest BCUT2D eigenvalue weighted by atomic mass is 10.0. The average Bonchev–Trinajstić information content (AvgIpc) is 3.00. The van der Waals surface area contributed by atoms with Crippen LogP contribution >= 0.6 is 0 Å². The molecule has 1 atom stereocenters. The summed E-state index contributed by atoms with van der Waals surface area (Å²) in [7, 11) is 0. The Balaban J connectivity index is 1.47. The number of carbonyl (C=O) groups is 1. The zero-order valence-corrected chi connectivity index (χ0v) is 13.8. The molecular weight excluding hydrogens is 322 g/mol. The molecule has 7 nitrogen and oxygen atoms in total. The summed E-state index contributed by atoms with van der Waals surface area (Å²) in [6.07, 6.45) is 4.03. The van der Waals surface area contributed by atoms with Gasteiger partial charge in [0.25, 0.3) is 5.91 Å². The Morgan fingerprint density at radius 3 is 3.04 bits per heavy atom. The van der Waals surface area contributed by atoms with Crippen LogP contribution in [0.1, 0.15) is 16.1 Å². The zero-order chi connectivity index (χ0) is 17.1. The van der Waals surface area contributed by atoms with Gasteiger partial charge in [0.1, 0.15) is 6.33 Å². The van der Waals surface area contributed by atoms with Gasteiger partial charge in [-0.2, -0.15) is 0 Å². The van der Waals surface area contributed by atoms with E-state index in [1.807, 2.05) is 11.0 Å². The molecule has 0 aliphatic carbocycles. The van der Waals surface area contributed by atoms with E-state index in [4.69, 9.17) is 14.2 Å². The van der Waals surface area contributed by atoms with Gasteiger partial charge in [0.15, 0.2) is 11.5 Å². The van der Waals surface area contributed by atoms with Gasteiger partial charge < -0.3 is 19.1 Å². The Bertz CT molecular complexity index is 753. The molecule has 4 rings (SSSR count). The number of benzene rings is 1. The van der Waals surface area contributed by atoms with Crippen molar-refractivity contribution in [1.82, 2.24) is 14.9 Å². The van der Waals surface area contributed by atoms with E-state index in [0.717, 1.165) is 12.1 Å². The van der Waals surface area contributed by atoms with E-state index in [9.17, 15) is 4.79 Å². The first-order valence-corrected chi connectivity index (χ1v) is 8.31. The number of aromatic nitrogens is 2. The molecule has 0 bridgehead atoms. The number of hydrogen-bond acceptors (Lipinski definition) is 6. The molecule has 0 N–H and O–H groups in total. The predicted octanol–water partition coefficient (Wildman–Crippen LogP) is 1.54. The topological polar surface area (TPSA) is 73.8 Å². The molecule has 1 saturated heterocycles. The number of rotatable bonds is 3. The third-order valence-corrected chi connectivity index (χ3v) is 4.39. The largest absolute Gasteiger partial charge is 0.454 e. The lowest BCUT2D eigenvalue weighted by Crippen LogP contribution is -2.36. The Hall–Kier alpha value is -2.67. The van der Waals surface area contributed by atoms with Gasteiger partial charge in [0.2, 0.25) is 6.79 Å². The number of fused-ring (bicyclic) bond motifs is 1. The Morgan fingerprint density at radius 1 is 1.24 bits per heavy atom. The van der Waals surface area contributed by atoms with Crippen LogP contribution < -0.4 is 9.47 Å². The first-order chi connectivity index (χ1) is 12.3. The average molecular weight is 341 g/mol. The fourth-order valence-corrected chi connectivity index (χ4v) is 3.14. The molecule has 0 saturated carbocycles. The molecule has 0 unspecified atom stereocenters. The number of ether oxygens (including phenoxy) is 3. The first kappa shape index (κ1) is 15.8. The second kappa shape index (κ2) is 7.06. The van der Waals surface area contributed by atoms with Crippen LogP contribution in [-0.2, 0) is 11.2 Å². The minimum atomic E-state index is -0.0171. The van der Waals surface area contributed by atoms with E-state index < -0.39 is 0 Å². The second-order valence-corrected chi connectivity index (χ2v) is 6.16. The van der Waals surface area contributed by atoms with Crippen molar-refractivity contribution in [3.8, 4) is 11.5 Å². The highest BCUT2D eigenvalue weighted by molar-refractivity contribution is 5.95. The molecule has 25 heavy (non-hydrogen) atoms. The molecule has 0 spiro atoms. The molecule has 2 aromatic rings. The maximum Gasteiger partial charge on any atom is 0.254 e. The van der Waals surface area contributed by atoms with Crippen molar-refractivity contribution in [1.29, 1.82) is 0 Å². The smallest absolute Gasteiger partial charge is 0.254 e. The maximum atomic E-state index is 12.9. The fourth-order valence-electron chi connectivity index (χ4n) is 3.14. The van der Waals surface area contributed by atoms with E-state index in [2.05, 4.69) is 9.97 Å². The van der Waals surface area contributed by atoms with Crippen LogP contribution in [0.4, 0.5) is 0 Å². The molecule has 2 aliphatic heterocycles. The fraction of sp³-hybridized carbons (Fsp3) is 0.389. The van der Waals surface area contributed by atoms with E-state index >= 15 is 0 Å². The lowest BCUT2D eigenvalue weighted by Gasteiger charge is -2.23. The van der Waals surface area contributed by atoms with Gasteiger partial charge in [0, 0.05) is 36.5 Å². The summed E-state index contributed by atoms with van der Waals surface area (Å²) in [5.41, 5.74) is 1.56. The van der Waals surface area contributed by atoms with Crippen molar-refractivity contribution in [2.75, 3.05) is 33.1 Å². The van der Waals surface area contributed by atoms with Crippen LogP contribution in [0.2, 0.25) is 0 Å². The van der Waals surface area contributed by atoms with Crippen LogP contribution in [0.15, 0.2) is 36.8 Å². The summed E-state index contributed by atoms with van der Waals surface area (Å²) < 4.78 is 16.4. The zero-order valence-electron chi connectivity index (χ0n) is 13.8. The minimum absolute atomic E-state index is 0.0171. The van der Waals surface area contributed by atoms with Crippen molar-refractivity contribution in [2.24, 2.45) is 5.92 Å². The van der Waals surface area contributed by atoms with Crippen molar-refractivity contribution in [2.45, 2.75) is 6.42 Å². The van der Waals surface area contributed by atoms with E-state index in [0.29, 0.717) is 43.4 Å². The second-order valence-electron chi connectivity index (χ2n) is 6.16. The highest BCUT2D eigenvalue weighted by atomic mass is 16.7. The van der Waals surface area contributed by atoms with Crippen LogP contribution in [0, 0.1) is 5.92 Å². The molecule has 1 aromatic carbocycles. The van der Waals surface area contributed by atoms with Gasteiger partial charge in [0.05, 0.1) is 13.2 Å². The van der Waals surface area contributed by atoms with Crippen LogP contribution in [0.5, 0.6) is 11.5 Å². The normalized spacial score (nSPS) is 19.5. The molecular formula is C18H19N3O4. The predicted molar refractivity (Wildman–Crippen MR) is 88.5 cm³/mol. The van der Waals surface area contributed by atoms with Crippen LogP contribution in [-0.4, -0.2) is 53.9 Å². The summed E-state index contributed by atoms with van der Waals surface area (Å²) in [6.45, 7) is 2.57. The van der Waals surface area contributed by atoms with E-state index in [1.165, 1.54) is 0 Å². The first-order valence-electron chi connectivity index (χ1n) is 8.31. The van der Waals surface area contributed by atoms with Crippen molar-refractivity contribution >= 4 is 5.91 Å². The quantitative estimate of drug-likeness (QED) is 0.843. The standard InChI is InChI=1S/C18H19N3O4/c22-18(14-1-2-16-17(8-14)25-12-24-16)21-5-6-23-10-13(9-21)7-15-3-4-19-11-20-15/h1-4,8,11,13H,5-7,9-10,12H2/t13-/m0/s1. The molecule has 3 heterocycles. The summed E-state index contributed by atoms with van der Waals surface area (Å²) >= 11 is 0. The molecule has 1 fully saturated rings. The molecule has 1 amide bonds. The number of amides is 1. The van der Waals surface area contributed by atoms with Gasteiger partial charge in [-0.15, -0.1) is 0 Å². The Labute approximate surface area is 145 Å². The Morgan fingerprint density at radius 2 is 2.16 bits per heavy atom. The molecule has 2 aliphatic rings. The summed E-state index contributed by atoms with van der Waals surface area (Å²) in [5.74, 6) is 1.48. The highest BCUT2D eigenvalue weighted by Crippen LogP contribution is 2.33. The van der Waals surface area contributed by atoms with Gasteiger partial charge in [-0.05, 0) is 30.7 Å². The van der Waals surface area contributed by atoms with Crippen molar-refractivity contribution in [3.05, 3.63) is 48.0 Å². The number of nitrogens with zero attached hydrogens (tertiary/aromatic N) is 3. The lowest BCUT2D eigenvalue weighted by molar-refractivity contribution is 0.0737. The van der Waals surface area contributed by atoms with E-state index in [1.54, 1.807) is 30.7 Å². The maximum absolute atomic E-state index is 12.9. The third kappa shape index (κ3) is 3.56. The molecule has 0 radical (unpaired) electrons. The van der Waals surface area contributed by atoms with Gasteiger partial charge in [-0.1, -0.05) is 0 Å². The van der Waals surface area contributed by atoms with Crippen LogP contribution in [0.3, 0.4) is 0 Å². The molecule has 130 valence electrons. The molecule has 7 heteroatoms. The van der Waals surface area contributed by atoms with Crippen molar-refractivity contribution < 1.29 is 19.0 Å². The Kier molecular flexibility index (Phi) is 4.47. The van der Waals surface area contributed by atoms with Gasteiger partial charge in [-0.3, -0.25) is 4.79 Å². The summed E-state index contributed by atoms with van der Waals surface area (Å²) in [5, 5.41) is 0. The van der Waals surface area contributed by atoms with Crippen molar-refractivity contribution in [3.63, 3.8) is 0 Å². The van der Waals surface area contributed by atoms with Gasteiger partial charge >= 0.3 is 0 Å². The van der Waals surface area contributed by atoms with Gasteiger partial charge in [-0.25, -0.2) is 9.97 Å². The van der Waals surface area contributed by atoms with E-state index in [-0.39, 0.29) is 18.6 Å². The third-order valence-electron chi connectivity index (χ3n) is 4.39. The summed E-state index contributed by atoms with van der Waals surface area (Å²) in [6, 6.07) is 7.20. The minimum Gasteiger partial charge on any atom is -0.454 e. The monoisotopic (exact) mass is 341 g/mol.